The minimum absolute atomic E-state index is 0.516. The Kier molecular flexibility index (Phi) is 2.52. The summed E-state index contributed by atoms with van der Waals surface area (Å²) in [5, 5.41) is 17.4. The van der Waals surface area contributed by atoms with Crippen molar-refractivity contribution in [3.8, 4) is 12.1 Å². The predicted molar refractivity (Wildman–Crippen MR) is 50.2 cm³/mol. The summed E-state index contributed by atoms with van der Waals surface area (Å²) in [5.74, 6) is 0. The SMILES string of the molecule is CN(C)c1cc(C#N)cc(C#N)c1. The van der Waals surface area contributed by atoms with Crippen molar-refractivity contribution >= 4 is 5.69 Å². The normalized spacial score (nSPS) is 8.62. The number of hydrogen-bond donors (Lipinski definition) is 0. The van der Waals surface area contributed by atoms with Crippen molar-refractivity contribution in [2.45, 2.75) is 0 Å². The molecule has 13 heavy (non-hydrogen) atoms. The molecule has 1 aromatic carbocycles. The van der Waals surface area contributed by atoms with Gasteiger partial charge < -0.3 is 4.90 Å². The van der Waals surface area contributed by atoms with E-state index >= 15 is 0 Å². The molecule has 3 heteroatoms. The van der Waals surface area contributed by atoms with E-state index in [-0.39, 0.29) is 0 Å². The second-order valence-electron chi connectivity index (χ2n) is 2.89. The fourth-order valence-electron chi connectivity index (χ4n) is 0.998. The van der Waals surface area contributed by atoms with Crippen molar-refractivity contribution < 1.29 is 0 Å². The van der Waals surface area contributed by atoms with Gasteiger partial charge in [0.25, 0.3) is 0 Å². The predicted octanol–water partition coefficient (Wildman–Crippen LogP) is 1.50. The van der Waals surface area contributed by atoms with Crippen LogP contribution in [-0.2, 0) is 0 Å². The first-order valence-electron chi connectivity index (χ1n) is 3.80. The van der Waals surface area contributed by atoms with Crippen LogP contribution in [0.15, 0.2) is 18.2 Å². The third kappa shape index (κ3) is 1.98. The monoisotopic (exact) mass is 171 g/mol. The lowest BCUT2D eigenvalue weighted by molar-refractivity contribution is 1.13. The number of hydrogen-bond acceptors (Lipinski definition) is 3. The van der Waals surface area contributed by atoms with E-state index in [2.05, 4.69) is 0 Å². The molecule has 0 N–H and O–H groups in total. The molecule has 0 aliphatic rings. The Balaban J connectivity index is 3.27. The quantitative estimate of drug-likeness (QED) is 0.643. The lowest BCUT2D eigenvalue weighted by Crippen LogP contribution is -2.08. The maximum atomic E-state index is 8.69. The summed E-state index contributed by atoms with van der Waals surface area (Å²) in [5.41, 5.74) is 1.90. The number of anilines is 1. The van der Waals surface area contributed by atoms with Gasteiger partial charge in [-0.1, -0.05) is 0 Å². The highest BCUT2D eigenvalue weighted by atomic mass is 15.1. The number of benzene rings is 1. The molecule has 64 valence electrons. The number of nitrogens with zero attached hydrogens (tertiary/aromatic N) is 3. The Morgan fingerprint density at radius 2 is 1.46 bits per heavy atom. The van der Waals surface area contributed by atoms with Gasteiger partial charge in [0.1, 0.15) is 0 Å². The highest BCUT2D eigenvalue weighted by Crippen LogP contribution is 2.16. The number of nitriles is 2. The Hall–Kier alpha value is -2.00. The standard InChI is InChI=1S/C10H9N3/c1-13(2)10-4-8(6-11)3-9(5-10)7-12/h3-5H,1-2H3. The first-order valence-corrected chi connectivity index (χ1v) is 3.80. The Bertz CT molecular complexity index is 361. The zero-order valence-corrected chi connectivity index (χ0v) is 7.57. The Labute approximate surface area is 77.4 Å². The van der Waals surface area contributed by atoms with Gasteiger partial charge >= 0.3 is 0 Å². The molecule has 0 saturated heterocycles. The molecule has 0 unspecified atom stereocenters. The van der Waals surface area contributed by atoms with Crippen LogP contribution in [0.25, 0.3) is 0 Å². The summed E-state index contributed by atoms with van der Waals surface area (Å²) < 4.78 is 0. The summed E-state index contributed by atoms with van der Waals surface area (Å²) >= 11 is 0. The lowest BCUT2D eigenvalue weighted by Gasteiger charge is -2.12. The van der Waals surface area contributed by atoms with E-state index in [4.69, 9.17) is 10.5 Å². The van der Waals surface area contributed by atoms with Crippen LogP contribution in [0, 0.1) is 22.7 Å². The van der Waals surface area contributed by atoms with Gasteiger partial charge in [0.2, 0.25) is 0 Å². The van der Waals surface area contributed by atoms with Crippen molar-refractivity contribution in [3.63, 3.8) is 0 Å². The molecule has 1 aromatic rings. The molecule has 0 amide bonds. The van der Waals surface area contributed by atoms with Gasteiger partial charge in [-0.2, -0.15) is 10.5 Å². The molecule has 0 aliphatic heterocycles. The highest BCUT2D eigenvalue weighted by molar-refractivity contribution is 5.55. The summed E-state index contributed by atoms with van der Waals surface area (Å²) in [6.07, 6.45) is 0. The minimum Gasteiger partial charge on any atom is -0.378 e. The second-order valence-corrected chi connectivity index (χ2v) is 2.89. The van der Waals surface area contributed by atoms with Crippen LogP contribution < -0.4 is 4.90 Å². The van der Waals surface area contributed by atoms with Crippen LogP contribution in [0.5, 0.6) is 0 Å². The van der Waals surface area contributed by atoms with Crippen LogP contribution in [0.1, 0.15) is 11.1 Å². The van der Waals surface area contributed by atoms with Crippen LogP contribution in [0.3, 0.4) is 0 Å². The zero-order chi connectivity index (χ0) is 9.84. The summed E-state index contributed by atoms with van der Waals surface area (Å²) in [4.78, 5) is 1.86. The first kappa shape index (κ1) is 9.09. The molecule has 0 radical (unpaired) electrons. The van der Waals surface area contributed by atoms with Gasteiger partial charge in [-0.25, -0.2) is 0 Å². The second kappa shape index (κ2) is 3.60. The summed E-state index contributed by atoms with van der Waals surface area (Å²) in [6, 6.07) is 9.12. The molecule has 3 nitrogen and oxygen atoms in total. The van der Waals surface area contributed by atoms with Crippen molar-refractivity contribution in [3.05, 3.63) is 29.3 Å². The largest absolute Gasteiger partial charge is 0.378 e. The third-order valence-corrected chi connectivity index (χ3v) is 1.69. The van der Waals surface area contributed by atoms with E-state index < -0.39 is 0 Å². The van der Waals surface area contributed by atoms with E-state index in [1.807, 2.05) is 31.1 Å². The van der Waals surface area contributed by atoms with E-state index in [1.54, 1.807) is 18.2 Å². The first-order chi connectivity index (χ1) is 6.17. The molecule has 0 bridgehead atoms. The van der Waals surface area contributed by atoms with E-state index in [0.717, 1.165) is 5.69 Å². The topological polar surface area (TPSA) is 50.8 Å². The van der Waals surface area contributed by atoms with Crippen LogP contribution in [0.2, 0.25) is 0 Å². The Morgan fingerprint density at radius 3 is 1.77 bits per heavy atom. The molecule has 1 rings (SSSR count). The minimum atomic E-state index is 0.516. The molecule has 0 heterocycles. The van der Waals surface area contributed by atoms with Crippen LogP contribution in [-0.4, -0.2) is 14.1 Å². The fraction of sp³-hybridized carbons (Fsp3) is 0.200. The molecule has 0 aliphatic carbocycles. The molecular weight excluding hydrogens is 162 g/mol. The van der Waals surface area contributed by atoms with Gasteiger partial charge in [-0.05, 0) is 18.2 Å². The van der Waals surface area contributed by atoms with Gasteiger partial charge in [0, 0.05) is 19.8 Å². The maximum Gasteiger partial charge on any atom is 0.0992 e. The van der Waals surface area contributed by atoms with Crippen molar-refractivity contribution in [1.82, 2.24) is 0 Å². The Morgan fingerprint density at radius 1 is 1.00 bits per heavy atom. The highest BCUT2D eigenvalue weighted by Gasteiger charge is 2.01. The molecule has 0 saturated carbocycles. The molecule has 0 fully saturated rings. The van der Waals surface area contributed by atoms with Crippen molar-refractivity contribution in [2.75, 3.05) is 19.0 Å². The molecule has 0 spiro atoms. The van der Waals surface area contributed by atoms with Gasteiger partial charge in [-0.3, -0.25) is 0 Å². The van der Waals surface area contributed by atoms with E-state index in [0.29, 0.717) is 11.1 Å². The van der Waals surface area contributed by atoms with Gasteiger partial charge in [-0.15, -0.1) is 0 Å². The summed E-state index contributed by atoms with van der Waals surface area (Å²) in [6.45, 7) is 0. The van der Waals surface area contributed by atoms with Crippen LogP contribution in [0.4, 0.5) is 5.69 Å². The summed E-state index contributed by atoms with van der Waals surface area (Å²) in [7, 11) is 3.75. The molecular formula is C10H9N3. The fourth-order valence-corrected chi connectivity index (χ4v) is 0.998. The smallest absolute Gasteiger partial charge is 0.0992 e. The van der Waals surface area contributed by atoms with E-state index in [9.17, 15) is 0 Å². The third-order valence-electron chi connectivity index (χ3n) is 1.69. The number of rotatable bonds is 1. The molecule has 0 aromatic heterocycles. The maximum absolute atomic E-state index is 8.69. The van der Waals surface area contributed by atoms with Crippen molar-refractivity contribution in [1.29, 1.82) is 10.5 Å². The van der Waals surface area contributed by atoms with Gasteiger partial charge in [0.05, 0.1) is 23.3 Å². The van der Waals surface area contributed by atoms with Crippen molar-refractivity contribution in [2.24, 2.45) is 0 Å². The van der Waals surface area contributed by atoms with E-state index in [1.165, 1.54) is 0 Å². The molecule has 0 atom stereocenters. The average molecular weight is 171 g/mol. The van der Waals surface area contributed by atoms with Crippen LogP contribution >= 0.6 is 0 Å². The average Bonchev–Trinajstić information content (AvgIpc) is 2.16. The lowest BCUT2D eigenvalue weighted by atomic mass is 10.1. The van der Waals surface area contributed by atoms with Gasteiger partial charge in [0.15, 0.2) is 0 Å². The zero-order valence-electron chi connectivity index (χ0n) is 7.57.